The van der Waals surface area contributed by atoms with Gasteiger partial charge in [0.25, 0.3) is 0 Å². The van der Waals surface area contributed by atoms with E-state index in [-0.39, 0.29) is 6.42 Å². The number of hydrogen-bond acceptors (Lipinski definition) is 6. The van der Waals surface area contributed by atoms with E-state index in [0.717, 1.165) is 5.56 Å². The van der Waals surface area contributed by atoms with Crippen LogP contribution in [0.3, 0.4) is 0 Å². The molecule has 2 N–H and O–H groups in total. The third kappa shape index (κ3) is 10.1. The lowest BCUT2D eigenvalue weighted by molar-refractivity contribution is -0.145. The average Bonchev–Trinajstić information content (AvgIpc) is 2.57. The molecule has 0 saturated carbocycles. The molecule has 0 aromatic carbocycles. The molecule has 0 spiro atoms. The van der Waals surface area contributed by atoms with Crippen molar-refractivity contribution >= 4 is 26.0 Å². The molecule has 0 radical (unpaired) electrons. The summed E-state index contributed by atoms with van der Waals surface area (Å²) in [5.74, 6) is -1.01. The van der Waals surface area contributed by atoms with Crippen LogP contribution in [0.1, 0.15) is 26.3 Å². The summed E-state index contributed by atoms with van der Waals surface area (Å²) >= 11 is 0. The Kier molecular flexibility index (Phi) is 8.81. The molecule has 9 heteroatoms. The van der Waals surface area contributed by atoms with E-state index < -0.39 is 43.7 Å². The van der Waals surface area contributed by atoms with E-state index in [2.05, 4.69) is 35.3 Å². The first-order chi connectivity index (χ1) is 13.3. The van der Waals surface area contributed by atoms with Gasteiger partial charge in [-0.05, 0) is 38.4 Å². The molecule has 2 amide bonds. The average molecular weight is 424 g/mol. The van der Waals surface area contributed by atoms with Gasteiger partial charge in [-0.15, -0.1) is 0 Å². The van der Waals surface area contributed by atoms with Gasteiger partial charge in [-0.25, -0.2) is 9.59 Å². The molecule has 2 atom stereocenters. The molecule has 0 aliphatic carbocycles. The fraction of sp³-hybridized carbons (Fsp3) is 0.600. The molecule has 1 unspecified atom stereocenters. The molecule has 29 heavy (non-hydrogen) atoms. The molecule has 1 rings (SSSR count). The zero-order valence-electron chi connectivity index (χ0n) is 18.4. The number of nitrogens with zero attached hydrogens (tertiary/aromatic N) is 1. The van der Waals surface area contributed by atoms with E-state index in [1.54, 1.807) is 39.2 Å². The molecule has 1 aromatic heterocycles. The van der Waals surface area contributed by atoms with Crippen LogP contribution < -0.4 is 10.6 Å². The topological polar surface area (TPSA) is 107 Å². The van der Waals surface area contributed by atoms with Crippen molar-refractivity contribution < 1.29 is 23.9 Å². The number of carbonyl (C=O) groups excluding carboxylic acids is 3. The van der Waals surface area contributed by atoms with Gasteiger partial charge in [0.15, 0.2) is 0 Å². The molecule has 1 aromatic rings. The maximum atomic E-state index is 13.0. The number of carbonyl (C=O) groups is 3. The first-order valence-electron chi connectivity index (χ1n) is 9.57. The fourth-order valence-corrected chi connectivity index (χ4v) is 4.15. The number of esters is 1. The number of amides is 2. The zero-order chi connectivity index (χ0) is 22.2. The minimum atomic E-state index is -1.73. The normalized spacial score (nSPS) is 13.8. The molecule has 1 heterocycles. The monoisotopic (exact) mass is 423 g/mol. The molecule has 0 aliphatic heterocycles. The van der Waals surface area contributed by atoms with Gasteiger partial charge < -0.3 is 20.1 Å². The van der Waals surface area contributed by atoms with Crippen LogP contribution >= 0.6 is 0 Å². The highest BCUT2D eigenvalue weighted by atomic mass is 28.3. The Hall–Kier alpha value is -2.42. The first-order valence-corrected chi connectivity index (χ1v) is 13.3. The summed E-state index contributed by atoms with van der Waals surface area (Å²) in [5.41, 5.74) is 0.101. The van der Waals surface area contributed by atoms with Gasteiger partial charge in [0.2, 0.25) is 5.91 Å². The molecule has 0 bridgehead atoms. The van der Waals surface area contributed by atoms with Crippen molar-refractivity contribution in [2.24, 2.45) is 0 Å². The van der Waals surface area contributed by atoms with Gasteiger partial charge in [-0.3, -0.25) is 9.78 Å². The predicted molar refractivity (Wildman–Crippen MR) is 113 cm³/mol. The van der Waals surface area contributed by atoms with Gasteiger partial charge >= 0.3 is 12.1 Å². The Bertz CT molecular complexity index is 698. The number of alkyl carbamates (subject to hydrolysis) is 1. The summed E-state index contributed by atoms with van der Waals surface area (Å²) in [4.78, 5) is 41.4. The number of rotatable bonds is 8. The largest absolute Gasteiger partial charge is 0.467 e. The third-order valence-electron chi connectivity index (χ3n) is 3.79. The van der Waals surface area contributed by atoms with E-state index in [1.165, 1.54) is 7.11 Å². The van der Waals surface area contributed by atoms with E-state index in [4.69, 9.17) is 9.47 Å². The van der Waals surface area contributed by atoms with Crippen LogP contribution in [0.4, 0.5) is 4.79 Å². The van der Waals surface area contributed by atoms with Crippen LogP contribution in [0, 0.1) is 0 Å². The summed E-state index contributed by atoms with van der Waals surface area (Å²) in [6.45, 7) is 11.5. The number of aromatic nitrogens is 1. The molecule has 8 nitrogen and oxygen atoms in total. The van der Waals surface area contributed by atoms with Crippen molar-refractivity contribution in [3.63, 3.8) is 0 Å². The highest BCUT2D eigenvalue weighted by Gasteiger charge is 2.32. The Morgan fingerprint density at radius 3 is 2.28 bits per heavy atom. The van der Waals surface area contributed by atoms with Crippen LogP contribution in [-0.2, 0) is 25.5 Å². The Morgan fingerprint density at radius 1 is 1.14 bits per heavy atom. The van der Waals surface area contributed by atoms with Gasteiger partial charge in [0, 0.05) is 26.9 Å². The molecular formula is C20H33N3O5Si. The molecule has 162 valence electrons. The van der Waals surface area contributed by atoms with Crippen molar-refractivity contribution in [2.45, 2.75) is 70.6 Å². The summed E-state index contributed by atoms with van der Waals surface area (Å²) in [6.07, 6.45) is 2.82. The van der Waals surface area contributed by atoms with Crippen LogP contribution in [0.15, 0.2) is 24.5 Å². The Labute approximate surface area is 173 Å². The highest BCUT2D eigenvalue weighted by Crippen LogP contribution is 2.14. The van der Waals surface area contributed by atoms with Crippen LogP contribution in [-0.4, -0.2) is 55.8 Å². The molecule has 0 fully saturated rings. The number of hydrogen-bond donors (Lipinski definition) is 2. The Balaban J connectivity index is 2.95. The van der Waals surface area contributed by atoms with Gasteiger partial charge in [-0.2, -0.15) is 0 Å². The molecule has 0 aliphatic rings. The van der Waals surface area contributed by atoms with Crippen LogP contribution in [0.25, 0.3) is 0 Å². The SMILES string of the molecule is COC(=O)C(Cc1cccnc1)NC(=O)[C@@H](C[Si](C)(C)C)NC(=O)OC(C)(C)C. The summed E-state index contributed by atoms with van der Waals surface area (Å²) < 4.78 is 10.1. The minimum Gasteiger partial charge on any atom is -0.467 e. The summed E-state index contributed by atoms with van der Waals surface area (Å²) in [5, 5.41) is 5.37. The van der Waals surface area contributed by atoms with Gasteiger partial charge in [0.05, 0.1) is 7.11 Å². The van der Waals surface area contributed by atoms with Crippen molar-refractivity contribution in [1.82, 2.24) is 15.6 Å². The third-order valence-corrected chi connectivity index (χ3v) is 5.42. The summed E-state index contributed by atoms with van der Waals surface area (Å²) in [6, 6.07) is 2.37. The van der Waals surface area contributed by atoms with Crippen molar-refractivity contribution in [2.75, 3.05) is 7.11 Å². The van der Waals surface area contributed by atoms with E-state index in [0.29, 0.717) is 6.04 Å². The van der Waals surface area contributed by atoms with Crippen molar-refractivity contribution in [3.05, 3.63) is 30.1 Å². The maximum absolute atomic E-state index is 13.0. The van der Waals surface area contributed by atoms with Crippen molar-refractivity contribution in [3.8, 4) is 0 Å². The van der Waals surface area contributed by atoms with Gasteiger partial charge in [0.1, 0.15) is 17.7 Å². The predicted octanol–water partition coefficient (Wildman–Crippen LogP) is 2.51. The van der Waals surface area contributed by atoms with E-state index in [9.17, 15) is 14.4 Å². The van der Waals surface area contributed by atoms with Gasteiger partial charge in [-0.1, -0.05) is 25.7 Å². The highest BCUT2D eigenvalue weighted by molar-refractivity contribution is 6.76. The van der Waals surface area contributed by atoms with Crippen LogP contribution in [0.5, 0.6) is 0 Å². The quantitative estimate of drug-likeness (QED) is 0.491. The minimum absolute atomic E-state index is 0.234. The number of methoxy groups -OCH3 is 1. The van der Waals surface area contributed by atoms with Crippen LogP contribution in [0.2, 0.25) is 25.7 Å². The standard InChI is InChI=1S/C20H33N3O5Si/c1-20(2,3)28-19(26)23-16(13-29(5,6)7)17(24)22-15(18(25)27-4)11-14-9-8-10-21-12-14/h8-10,12,15-16H,11,13H2,1-7H3,(H,22,24)(H,23,26)/t15?,16-/m1/s1. The Morgan fingerprint density at radius 2 is 1.79 bits per heavy atom. The van der Waals surface area contributed by atoms with E-state index >= 15 is 0 Å². The number of ether oxygens (including phenoxy) is 2. The smallest absolute Gasteiger partial charge is 0.408 e. The second-order valence-corrected chi connectivity index (χ2v) is 14.6. The number of pyridine rings is 1. The molecule has 0 saturated heterocycles. The lowest BCUT2D eigenvalue weighted by atomic mass is 10.1. The van der Waals surface area contributed by atoms with Crippen molar-refractivity contribution in [1.29, 1.82) is 0 Å². The summed E-state index contributed by atoms with van der Waals surface area (Å²) in [7, 11) is -0.459. The first kappa shape index (κ1) is 24.6. The lowest BCUT2D eigenvalue weighted by Gasteiger charge is -2.28. The fourth-order valence-electron chi connectivity index (χ4n) is 2.63. The molecular weight excluding hydrogens is 390 g/mol. The van der Waals surface area contributed by atoms with E-state index in [1.807, 2.05) is 6.07 Å². The zero-order valence-corrected chi connectivity index (χ0v) is 19.4. The number of nitrogens with one attached hydrogen (secondary N) is 2. The lowest BCUT2D eigenvalue weighted by Crippen LogP contribution is -2.54. The maximum Gasteiger partial charge on any atom is 0.408 e. The second-order valence-electron chi connectivity index (χ2n) is 9.11. The second kappa shape index (κ2) is 10.4.